The van der Waals surface area contributed by atoms with E-state index >= 15 is 0 Å². The number of carbonyl (C=O) groups excluding carboxylic acids is 2. The van der Waals surface area contributed by atoms with Crippen LogP contribution in [0, 0.1) is 5.82 Å². The van der Waals surface area contributed by atoms with Gasteiger partial charge in [-0.15, -0.1) is 0 Å². The zero-order chi connectivity index (χ0) is 18.7. The lowest BCUT2D eigenvalue weighted by atomic mass is 9.91. The van der Waals surface area contributed by atoms with Crippen LogP contribution in [0.15, 0.2) is 42.5 Å². The van der Waals surface area contributed by atoms with Crippen LogP contribution in [0.25, 0.3) is 0 Å². The average Bonchev–Trinajstić information content (AvgIpc) is 2.65. The maximum Gasteiger partial charge on any atom is 0.247 e. The monoisotopic (exact) mass is 374 g/mol. The maximum atomic E-state index is 13.2. The van der Waals surface area contributed by atoms with Gasteiger partial charge in [0.1, 0.15) is 11.9 Å². The standard InChI is InChI=1S/C20H20ClFN2O2/c1-2-18(25)24-10-9-13-5-3-4-6-16(13)19(24)20(26)23-12-14-7-8-15(22)11-17(14)21/h3-8,11,19H,2,9-10,12H2,1H3,(H,23,26)/t19-/m1/s1. The summed E-state index contributed by atoms with van der Waals surface area (Å²) in [6.07, 6.45) is 1.07. The predicted molar refractivity (Wildman–Crippen MR) is 98.1 cm³/mol. The van der Waals surface area contributed by atoms with Crippen molar-refractivity contribution in [3.8, 4) is 0 Å². The van der Waals surface area contributed by atoms with Crippen LogP contribution in [0.5, 0.6) is 0 Å². The summed E-state index contributed by atoms with van der Waals surface area (Å²) < 4.78 is 13.2. The summed E-state index contributed by atoms with van der Waals surface area (Å²) in [5.41, 5.74) is 2.55. The lowest BCUT2D eigenvalue weighted by molar-refractivity contribution is -0.141. The number of fused-ring (bicyclic) bond motifs is 1. The molecule has 0 saturated heterocycles. The van der Waals surface area contributed by atoms with Crippen molar-refractivity contribution in [3.05, 3.63) is 70.0 Å². The number of benzene rings is 2. The van der Waals surface area contributed by atoms with E-state index in [4.69, 9.17) is 11.6 Å². The van der Waals surface area contributed by atoms with Gasteiger partial charge in [-0.3, -0.25) is 9.59 Å². The molecule has 1 atom stereocenters. The van der Waals surface area contributed by atoms with Gasteiger partial charge in [0.15, 0.2) is 0 Å². The highest BCUT2D eigenvalue weighted by atomic mass is 35.5. The number of hydrogen-bond donors (Lipinski definition) is 1. The van der Waals surface area contributed by atoms with Gasteiger partial charge in [-0.05, 0) is 35.2 Å². The second kappa shape index (κ2) is 7.87. The van der Waals surface area contributed by atoms with Crippen molar-refractivity contribution in [2.24, 2.45) is 0 Å². The van der Waals surface area contributed by atoms with Gasteiger partial charge in [0.05, 0.1) is 0 Å². The van der Waals surface area contributed by atoms with E-state index in [1.807, 2.05) is 24.3 Å². The summed E-state index contributed by atoms with van der Waals surface area (Å²) in [6, 6.07) is 11.1. The van der Waals surface area contributed by atoms with Crippen LogP contribution in [-0.4, -0.2) is 23.3 Å². The third kappa shape index (κ3) is 3.73. The van der Waals surface area contributed by atoms with Gasteiger partial charge in [0.2, 0.25) is 11.8 Å². The van der Waals surface area contributed by atoms with E-state index in [0.717, 1.165) is 17.5 Å². The van der Waals surface area contributed by atoms with Gasteiger partial charge in [0, 0.05) is 24.5 Å². The summed E-state index contributed by atoms with van der Waals surface area (Å²) in [7, 11) is 0. The van der Waals surface area contributed by atoms with Gasteiger partial charge in [0.25, 0.3) is 0 Å². The Bertz CT molecular complexity index is 840. The first-order valence-electron chi connectivity index (χ1n) is 8.60. The highest BCUT2D eigenvalue weighted by Gasteiger charge is 2.34. The molecule has 3 rings (SSSR count). The van der Waals surface area contributed by atoms with E-state index in [-0.39, 0.29) is 23.4 Å². The summed E-state index contributed by atoms with van der Waals surface area (Å²) in [5.74, 6) is -0.746. The fourth-order valence-corrected chi connectivity index (χ4v) is 3.50. The minimum Gasteiger partial charge on any atom is -0.350 e. The molecule has 0 bridgehead atoms. The Morgan fingerprint density at radius 3 is 2.77 bits per heavy atom. The highest BCUT2D eigenvalue weighted by Crippen LogP contribution is 2.30. The van der Waals surface area contributed by atoms with E-state index < -0.39 is 11.9 Å². The van der Waals surface area contributed by atoms with E-state index in [1.165, 1.54) is 12.1 Å². The molecule has 1 heterocycles. The number of nitrogens with zero attached hydrogens (tertiary/aromatic N) is 1. The molecule has 0 radical (unpaired) electrons. The summed E-state index contributed by atoms with van der Waals surface area (Å²) in [4.78, 5) is 26.9. The highest BCUT2D eigenvalue weighted by molar-refractivity contribution is 6.31. The molecule has 2 aromatic carbocycles. The van der Waals surface area contributed by atoms with Crippen LogP contribution in [0.3, 0.4) is 0 Å². The van der Waals surface area contributed by atoms with Crippen LogP contribution in [0.2, 0.25) is 5.02 Å². The number of carbonyl (C=O) groups is 2. The molecule has 0 spiro atoms. The van der Waals surface area contributed by atoms with Gasteiger partial charge >= 0.3 is 0 Å². The van der Waals surface area contributed by atoms with Crippen LogP contribution in [0.4, 0.5) is 4.39 Å². The van der Waals surface area contributed by atoms with Gasteiger partial charge in [-0.25, -0.2) is 4.39 Å². The Balaban J connectivity index is 1.83. The number of nitrogens with one attached hydrogen (secondary N) is 1. The zero-order valence-electron chi connectivity index (χ0n) is 14.5. The largest absolute Gasteiger partial charge is 0.350 e. The van der Waals surface area contributed by atoms with Crippen LogP contribution in [0.1, 0.15) is 36.1 Å². The van der Waals surface area contributed by atoms with Crippen molar-refractivity contribution in [2.45, 2.75) is 32.4 Å². The normalized spacial score (nSPS) is 16.1. The van der Waals surface area contributed by atoms with Crippen molar-refractivity contribution in [1.29, 1.82) is 0 Å². The molecule has 136 valence electrons. The quantitative estimate of drug-likeness (QED) is 0.888. The molecule has 2 aromatic rings. The molecule has 0 unspecified atom stereocenters. The minimum absolute atomic E-state index is 0.0560. The maximum absolute atomic E-state index is 13.2. The number of halogens is 2. The van der Waals surface area contributed by atoms with Gasteiger partial charge in [-0.1, -0.05) is 48.9 Å². The molecule has 4 nitrogen and oxygen atoms in total. The summed E-state index contributed by atoms with van der Waals surface area (Å²) >= 11 is 6.03. The molecule has 1 aliphatic rings. The lowest BCUT2D eigenvalue weighted by Crippen LogP contribution is -2.46. The first-order valence-corrected chi connectivity index (χ1v) is 8.98. The number of rotatable bonds is 4. The molecular weight excluding hydrogens is 355 g/mol. The Morgan fingerprint density at radius 1 is 1.27 bits per heavy atom. The minimum atomic E-state index is -0.661. The molecule has 6 heteroatoms. The van der Waals surface area contributed by atoms with Crippen LogP contribution >= 0.6 is 11.6 Å². The summed E-state index contributed by atoms with van der Waals surface area (Å²) in [6.45, 7) is 2.47. The van der Waals surface area contributed by atoms with Crippen molar-refractivity contribution < 1.29 is 14.0 Å². The predicted octanol–water partition coefficient (Wildman–Crippen LogP) is 3.63. The molecule has 0 fully saturated rings. The Hall–Kier alpha value is -2.40. The van der Waals surface area contributed by atoms with Crippen LogP contribution < -0.4 is 5.32 Å². The molecule has 1 aliphatic heterocycles. The number of amides is 2. The molecular formula is C20H20ClFN2O2. The lowest BCUT2D eigenvalue weighted by Gasteiger charge is -2.36. The Labute approximate surface area is 157 Å². The molecule has 0 saturated carbocycles. The van der Waals surface area contributed by atoms with Crippen molar-refractivity contribution in [1.82, 2.24) is 10.2 Å². The fraction of sp³-hybridized carbons (Fsp3) is 0.300. The fourth-order valence-electron chi connectivity index (χ4n) is 3.27. The van der Waals surface area contributed by atoms with E-state index in [9.17, 15) is 14.0 Å². The third-order valence-corrected chi connectivity index (χ3v) is 4.97. The first kappa shape index (κ1) is 18.4. The van der Waals surface area contributed by atoms with Gasteiger partial charge < -0.3 is 10.2 Å². The second-order valence-electron chi connectivity index (χ2n) is 6.25. The van der Waals surface area contributed by atoms with E-state index in [1.54, 1.807) is 17.9 Å². The Kier molecular flexibility index (Phi) is 5.57. The van der Waals surface area contributed by atoms with Crippen molar-refractivity contribution in [2.75, 3.05) is 6.54 Å². The van der Waals surface area contributed by atoms with E-state index in [0.29, 0.717) is 18.5 Å². The smallest absolute Gasteiger partial charge is 0.247 e. The molecule has 2 amide bonds. The van der Waals surface area contributed by atoms with Crippen molar-refractivity contribution >= 4 is 23.4 Å². The van der Waals surface area contributed by atoms with Crippen molar-refractivity contribution in [3.63, 3.8) is 0 Å². The summed E-state index contributed by atoms with van der Waals surface area (Å²) in [5, 5.41) is 3.10. The number of hydrogen-bond acceptors (Lipinski definition) is 2. The zero-order valence-corrected chi connectivity index (χ0v) is 15.2. The average molecular weight is 375 g/mol. The molecule has 0 aromatic heterocycles. The first-order chi connectivity index (χ1) is 12.5. The molecule has 26 heavy (non-hydrogen) atoms. The van der Waals surface area contributed by atoms with Crippen LogP contribution in [-0.2, 0) is 22.6 Å². The second-order valence-corrected chi connectivity index (χ2v) is 6.65. The molecule has 0 aliphatic carbocycles. The van der Waals surface area contributed by atoms with Gasteiger partial charge in [-0.2, -0.15) is 0 Å². The third-order valence-electron chi connectivity index (χ3n) is 4.62. The Morgan fingerprint density at radius 2 is 2.04 bits per heavy atom. The SMILES string of the molecule is CCC(=O)N1CCc2ccccc2[C@@H]1C(=O)NCc1ccc(F)cc1Cl. The molecule has 1 N–H and O–H groups in total. The topological polar surface area (TPSA) is 49.4 Å². The van der Waals surface area contributed by atoms with E-state index in [2.05, 4.69) is 5.32 Å².